The van der Waals surface area contributed by atoms with Crippen molar-refractivity contribution in [3.8, 4) is 0 Å². The molecule has 0 amide bonds. The standard InChI is InChI=1S/C15H29N3O/c1-2-15(13-17-8-10-19-11-9-17)18(7-1)12-14-3-5-16-6-4-14/h14-16H,1-13H2. The second kappa shape index (κ2) is 7.02. The Bertz CT molecular complexity index is 236. The predicted octanol–water partition coefficient (Wildman–Crippen LogP) is 0.783. The summed E-state index contributed by atoms with van der Waals surface area (Å²) in [6.45, 7) is 10.5. The van der Waals surface area contributed by atoms with E-state index in [0.29, 0.717) is 0 Å². The van der Waals surface area contributed by atoms with Gasteiger partial charge in [0.05, 0.1) is 13.2 Å². The molecule has 0 aliphatic carbocycles. The Kier molecular flexibility index (Phi) is 5.10. The molecule has 0 bridgehead atoms. The molecule has 19 heavy (non-hydrogen) atoms. The third kappa shape index (κ3) is 3.91. The molecule has 1 unspecified atom stereocenters. The highest BCUT2D eigenvalue weighted by atomic mass is 16.5. The van der Waals surface area contributed by atoms with E-state index in [9.17, 15) is 0 Å². The van der Waals surface area contributed by atoms with Crippen LogP contribution in [0.2, 0.25) is 0 Å². The first-order valence-electron chi connectivity index (χ1n) is 8.17. The summed E-state index contributed by atoms with van der Waals surface area (Å²) in [6.07, 6.45) is 5.56. The molecule has 3 heterocycles. The second-order valence-electron chi connectivity index (χ2n) is 6.40. The first kappa shape index (κ1) is 13.8. The minimum atomic E-state index is 0.813. The largest absolute Gasteiger partial charge is 0.379 e. The topological polar surface area (TPSA) is 27.7 Å². The number of ether oxygens (including phenoxy) is 1. The van der Waals surface area contributed by atoms with Gasteiger partial charge in [0.2, 0.25) is 0 Å². The molecule has 0 spiro atoms. The van der Waals surface area contributed by atoms with Gasteiger partial charge in [-0.25, -0.2) is 0 Å². The first-order valence-corrected chi connectivity index (χ1v) is 8.17. The summed E-state index contributed by atoms with van der Waals surface area (Å²) >= 11 is 0. The normalized spacial score (nSPS) is 31.9. The number of piperidine rings is 1. The zero-order valence-electron chi connectivity index (χ0n) is 12.1. The van der Waals surface area contributed by atoms with E-state index in [1.165, 1.54) is 58.4 Å². The monoisotopic (exact) mass is 267 g/mol. The molecule has 0 aromatic carbocycles. The molecule has 0 aromatic rings. The third-order valence-corrected chi connectivity index (χ3v) is 5.02. The van der Waals surface area contributed by atoms with Gasteiger partial charge in [-0.1, -0.05) is 0 Å². The lowest BCUT2D eigenvalue weighted by atomic mass is 9.97. The van der Waals surface area contributed by atoms with E-state index in [1.54, 1.807) is 0 Å². The summed E-state index contributed by atoms with van der Waals surface area (Å²) < 4.78 is 5.45. The van der Waals surface area contributed by atoms with Gasteiger partial charge >= 0.3 is 0 Å². The molecule has 4 nitrogen and oxygen atoms in total. The van der Waals surface area contributed by atoms with E-state index in [2.05, 4.69) is 15.1 Å². The van der Waals surface area contributed by atoms with Gasteiger partial charge in [-0.05, 0) is 51.2 Å². The molecule has 0 aromatic heterocycles. The number of nitrogens with zero attached hydrogens (tertiary/aromatic N) is 2. The maximum atomic E-state index is 5.45. The molecule has 3 aliphatic heterocycles. The first-order chi connectivity index (χ1) is 9.42. The van der Waals surface area contributed by atoms with Crippen molar-refractivity contribution >= 4 is 0 Å². The lowest BCUT2D eigenvalue weighted by Gasteiger charge is -2.35. The summed E-state index contributed by atoms with van der Waals surface area (Å²) in [5.41, 5.74) is 0. The van der Waals surface area contributed by atoms with Crippen LogP contribution in [-0.4, -0.2) is 74.9 Å². The smallest absolute Gasteiger partial charge is 0.0594 e. The molecular formula is C15H29N3O. The Balaban J connectivity index is 1.46. The maximum absolute atomic E-state index is 5.45. The highest BCUT2D eigenvalue weighted by Crippen LogP contribution is 2.23. The molecule has 1 N–H and O–H groups in total. The van der Waals surface area contributed by atoms with Crippen LogP contribution < -0.4 is 5.32 Å². The van der Waals surface area contributed by atoms with E-state index in [-0.39, 0.29) is 0 Å². The maximum Gasteiger partial charge on any atom is 0.0594 e. The molecule has 0 saturated carbocycles. The molecule has 1 atom stereocenters. The lowest BCUT2D eigenvalue weighted by Crippen LogP contribution is -2.46. The van der Waals surface area contributed by atoms with E-state index < -0.39 is 0 Å². The molecular weight excluding hydrogens is 238 g/mol. The van der Waals surface area contributed by atoms with Crippen LogP contribution in [0.4, 0.5) is 0 Å². The van der Waals surface area contributed by atoms with Crippen molar-refractivity contribution in [3.63, 3.8) is 0 Å². The lowest BCUT2D eigenvalue weighted by molar-refractivity contribution is 0.0252. The summed E-state index contributed by atoms with van der Waals surface area (Å²) in [4.78, 5) is 5.39. The van der Waals surface area contributed by atoms with Crippen molar-refractivity contribution in [2.45, 2.75) is 31.7 Å². The number of rotatable bonds is 4. The van der Waals surface area contributed by atoms with E-state index >= 15 is 0 Å². The van der Waals surface area contributed by atoms with Crippen molar-refractivity contribution in [2.75, 3.05) is 59.0 Å². The van der Waals surface area contributed by atoms with Gasteiger partial charge in [0.15, 0.2) is 0 Å². The number of likely N-dealkylation sites (tertiary alicyclic amines) is 1. The van der Waals surface area contributed by atoms with Gasteiger partial charge in [0, 0.05) is 32.2 Å². The zero-order valence-corrected chi connectivity index (χ0v) is 12.1. The zero-order chi connectivity index (χ0) is 12.9. The molecule has 3 rings (SSSR count). The van der Waals surface area contributed by atoms with Gasteiger partial charge in [-0.2, -0.15) is 0 Å². The molecule has 3 saturated heterocycles. The van der Waals surface area contributed by atoms with Crippen molar-refractivity contribution < 1.29 is 4.74 Å². The quantitative estimate of drug-likeness (QED) is 0.815. The van der Waals surface area contributed by atoms with Gasteiger partial charge in [-0.3, -0.25) is 9.80 Å². The van der Waals surface area contributed by atoms with Crippen LogP contribution in [0.1, 0.15) is 25.7 Å². The average Bonchev–Trinajstić information content (AvgIpc) is 2.88. The Hall–Kier alpha value is -0.160. The van der Waals surface area contributed by atoms with Crippen LogP contribution in [-0.2, 0) is 4.74 Å². The minimum Gasteiger partial charge on any atom is -0.379 e. The van der Waals surface area contributed by atoms with Crippen molar-refractivity contribution in [2.24, 2.45) is 5.92 Å². The van der Waals surface area contributed by atoms with E-state index in [4.69, 9.17) is 4.74 Å². The van der Waals surface area contributed by atoms with Crippen molar-refractivity contribution in [3.05, 3.63) is 0 Å². The molecule has 4 heteroatoms. The number of nitrogens with one attached hydrogen (secondary N) is 1. The Labute approximate surface area is 117 Å². The van der Waals surface area contributed by atoms with Crippen LogP contribution in [0.3, 0.4) is 0 Å². The minimum absolute atomic E-state index is 0.813. The van der Waals surface area contributed by atoms with Crippen LogP contribution in [0.25, 0.3) is 0 Å². The molecule has 0 radical (unpaired) electrons. The highest BCUT2D eigenvalue weighted by Gasteiger charge is 2.29. The van der Waals surface area contributed by atoms with Gasteiger partial charge < -0.3 is 10.1 Å². The number of hydrogen-bond donors (Lipinski definition) is 1. The Morgan fingerprint density at radius 2 is 1.74 bits per heavy atom. The molecule has 3 aliphatic rings. The van der Waals surface area contributed by atoms with Crippen LogP contribution in [0.5, 0.6) is 0 Å². The Morgan fingerprint density at radius 3 is 2.53 bits per heavy atom. The SMILES string of the molecule is C1CC(CN2CCOCC2)N(CC2CCNCC2)C1. The van der Waals surface area contributed by atoms with Crippen LogP contribution in [0, 0.1) is 5.92 Å². The summed E-state index contributed by atoms with van der Waals surface area (Å²) in [7, 11) is 0. The van der Waals surface area contributed by atoms with Gasteiger partial charge in [0.1, 0.15) is 0 Å². The van der Waals surface area contributed by atoms with Crippen molar-refractivity contribution in [1.82, 2.24) is 15.1 Å². The predicted molar refractivity (Wildman–Crippen MR) is 77.4 cm³/mol. The Morgan fingerprint density at radius 1 is 0.947 bits per heavy atom. The van der Waals surface area contributed by atoms with Crippen molar-refractivity contribution in [1.29, 1.82) is 0 Å². The fourth-order valence-electron chi connectivity index (χ4n) is 3.82. The highest BCUT2D eigenvalue weighted by molar-refractivity contribution is 4.85. The summed E-state index contributed by atoms with van der Waals surface area (Å²) in [5, 5.41) is 3.48. The summed E-state index contributed by atoms with van der Waals surface area (Å²) in [5.74, 6) is 0.937. The third-order valence-electron chi connectivity index (χ3n) is 5.02. The van der Waals surface area contributed by atoms with Crippen LogP contribution in [0.15, 0.2) is 0 Å². The van der Waals surface area contributed by atoms with Gasteiger partial charge in [0.25, 0.3) is 0 Å². The second-order valence-corrected chi connectivity index (χ2v) is 6.40. The molecule has 3 fully saturated rings. The van der Waals surface area contributed by atoms with E-state index in [0.717, 1.165) is 38.3 Å². The van der Waals surface area contributed by atoms with E-state index in [1.807, 2.05) is 0 Å². The van der Waals surface area contributed by atoms with Crippen LogP contribution >= 0.6 is 0 Å². The number of hydrogen-bond acceptors (Lipinski definition) is 4. The molecule has 110 valence electrons. The van der Waals surface area contributed by atoms with Gasteiger partial charge in [-0.15, -0.1) is 0 Å². The summed E-state index contributed by atoms with van der Waals surface area (Å²) in [6, 6.07) is 0.813. The fourth-order valence-corrected chi connectivity index (χ4v) is 3.82. The number of morpholine rings is 1. The average molecular weight is 267 g/mol. The fraction of sp³-hybridized carbons (Fsp3) is 1.00.